The van der Waals surface area contributed by atoms with Crippen molar-refractivity contribution in [3.8, 4) is 0 Å². The van der Waals surface area contributed by atoms with Gasteiger partial charge in [0.05, 0.1) is 49.0 Å². The van der Waals surface area contributed by atoms with Gasteiger partial charge in [-0.05, 0) is 38.0 Å². The second kappa shape index (κ2) is 9.40. The molecule has 4 rings (SSSR count). The first-order valence-corrected chi connectivity index (χ1v) is 9.29. The molecule has 2 aliphatic rings. The number of amides is 1. The van der Waals surface area contributed by atoms with Crippen molar-refractivity contribution in [3.05, 3.63) is 39.8 Å². The number of carbonyl (C=O) groups is 1. The third kappa shape index (κ3) is 4.27. The molecule has 10 heteroatoms. The van der Waals surface area contributed by atoms with E-state index in [0.717, 1.165) is 12.8 Å². The highest BCUT2D eigenvalue weighted by atomic mass is 35.5. The van der Waals surface area contributed by atoms with Gasteiger partial charge in [0, 0.05) is 17.5 Å². The van der Waals surface area contributed by atoms with Crippen LogP contribution >= 0.6 is 24.8 Å². The largest absolute Gasteiger partial charge is 0.390 e. The quantitative estimate of drug-likeness (QED) is 0.723. The topological polar surface area (TPSA) is 111 Å². The van der Waals surface area contributed by atoms with E-state index < -0.39 is 6.10 Å². The average Bonchev–Trinajstić information content (AvgIpc) is 2.93. The lowest BCUT2D eigenvalue weighted by atomic mass is 10.1. The minimum atomic E-state index is -0.829. The van der Waals surface area contributed by atoms with Crippen LogP contribution in [0.5, 0.6) is 0 Å². The summed E-state index contributed by atoms with van der Waals surface area (Å²) in [5.41, 5.74) is 6.32. The van der Waals surface area contributed by atoms with Crippen LogP contribution in [0.25, 0.3) is 10.8 Å². The number of halogens is 2. The molecule has 2 aromatic rings. The lowest BCUT2D eigenvalue weighted by molar-refractivity contribution is -0.00714. The van der Waals surface area contributed by atoms with Crippen LogP contribution in [0, 0.1) is 6.92 Å². The first kappa shape index (κ1) is 23.6. The Morgan fingerprint density at radius 3 is 2.55 bits per heavy atom. The normalized spacial score (nSPS) is 21.4. The molecule has 1 aromatic carbocycles. The Labute approximate surface area is 180 Å². The highest BCUT2D eigenvalue weighted by Gasteiger charge is 2.40. The van der Waals surface area contributed by atoms with Crippen molar-refractivity contribution in [2.45, 2.75) is 44.5 Å². The molecule has 0 spiro atoms. The second-order valence-corrected chi connectivity index (χ2v) is 7.36. The second-order valence-electron chi connectivity index (χ2n) is 7.36. The molecule has 2 saturated heterocycles. The Morgan fingerprint density at radius 1 is 1.28 bits per heavy atom. The molecule has 1 aromatic heterocycles. The van der Waals surface area contributed by atoms with E-state index in [2.05, 4.69) is 5.10 Å². The lowest BCUT2D eigenvalue weighted by Crippen LogP contribution is -2.49. The van der Waals surface area contributed by atoms with E-state index in [9.17, 15) is 14.7 Å². The van der Waals surface area contributed by atoms with Crippen LogP contribution in [0.15, 0.2) is 23.0 Å². The van der Waals surface area contributed by atoms with Gasteiger partial charge in [-0.15, -0.1) is 24.8 Å². The molecule has 0 aliphatic carbocycles. The van der Waals surface area contributed by atoms with E-state index >= 15 is 0 Å². The molecule has 29 heavy (non-hydrogen) atoms. The number of nitrogens with zero attached hydrogens (tertiary/aromatic N) is 3. The molecular formula is C19H26Cl2N4O4. The molecule has 2 bridgehead atoms. The van der Waals surface area contributed by atoms with Crippen LogP contribution in [0.3, 0.4) is 0 Å². The zero-order chi connectivity index (χ0) is 19.1. The Morgan fingerprint density at radius 2 is 1.93 bits per heavy atom. The van der Waals surface area contributed by atoms with E-state index in [1.165, 1.54) is 4.68 Å². The molecule has 8 nitrogen and oxygen atoms in total. The molecule has 2 fully saturated rings. The number of ether oxygens (including phenoxy) is 1. The first-order chi connectivity index (χ1) is 13.0. The van der Waals surface area contributed by atoms with Crippen LogP contribution in [-0.4, -0.2) is 63.6 Å². The number of nitrogens with two attached hydrogens (primary N) is 1. The van der Waals surface area contributed by atoms with Crippen LogP contribution in [0.4, 0.5) is 0 Å². The number of fused-ring (bicyclic) bond motifs is 3. The summed E-state index contributed by atoms with van der Waals surface area (Å²) in [5, 5.41) is 15.2. The fourth-order valence-electron chi connectivity index (χ4n) is 4.09. The van der Waals surface area contributed by atoms with Gasteiger partial charge in [-0.1, -0.05) is 0 Å². The summed E-state index contributed by atoms with van der Waals surface area (Å²) in [6, 6.07) is 5.39. The zero-order valence-corrected chi connectivity index (χ0v) is 17.7. The maximum Gasteiger partial charge on any atom is 0.274 e. The summed E-state index contributed by atoms with van der Waals surface area (Å²) in [7, 11) is 0. The summed E-state index contributed by atoms with van der Waals surface area (Å²) < 4.78 is 6.79. The third-order valence-corrected chi connectivity index (χ3v) is 5.52. The first-order valence-electron chi connectivity index (χ1n) is 9.29. The van der Waals surface area contributed by atoms with Gasteiger partial charge >= 0.3 is 0 Å². The van der Waals surface area contributed by atoms with Crippen LogP contribution in [-0.2, 0) is 11.3 Å². The lowest BCUT2D eigenvalue weighted by Gasteiger charge is -2.34. The number of aliphatic hydroxyl groups is 1. The number of morpholine rings is 1. The number of hydrogen-bond acceptors (Lipinski definition) is 6. The highest BCUT2D eigenvalue weighted by molar-refractivity contribution is 5.99. The number of aliphatic hydroxyl groups excluding tert-OH is 1. The van der Waals surface area contributed by atoms with Gasteiger partial charge in [0.15, 0.2) is 0 Å². The molecule has 2 aliphatic heterocycles. The van der Waals surface area contributed by atoms with Gasteiger partial charge in [-0.3, -0.25) is 9.59 Å². The Kier molecular flexibility index (Phi) is 7.64. The van der Waals surface area contributed by atoms with Crippen LogP contribution < -0.4 is 11.3 Å². The smallest absolute Gasteiger partial charge is 0.274 e. The SMILES string of the molecule is Cc1nn(C[C@@H](O)CN)c(=O)c2ccc(C(=O)N3C4CCC3COC4)cc12.Cl.Cl. The Bertz CT molecular complexity index is 936. The summed E-state index contributed by atoms with van der Waals surface area (Å²) >= 11 is 0. The molecule has 3 N–H and O–H groups in total. The number of benzene rings is 1. The monoisotopic (exact) mass is 444 g/mol. The summed E-state index contributed by atoms with van der Waals surface area (Å²) in [6.07, 6.45) is 1.11. The fourth-order valence-corrected chi connectivity index (χ4v) is 4.09. The summed E-state index contributed by atoms with van der Waals surface area (Å²) in [5.74, 6) is -0.0187. The molecule has 0 radical (unpaired) electrons. The van der Waals surface area contributed by atoms with Crippen molar-refractivity contribution >= 4 is 41.5 Å². The van der Waals surface area contributed by atoms with Crippen molar-refractivity contribution < 1.29 is 14.6 Å². The molecule has 2 unspecified atom stereocenters. The predicted molar refractivity (Wildman–Crippen MR) is 114 cm³/mol. The molecule has 160 valence electrons. The Balaban J connectivity index is 0.00000150. The molecule has 0 saturated carbocycles. The van der Waals surface area contributed by atoms with E-state index in [1.54, 1.807) is 25.1 Å². The van der Waals surface area contributed by atoms with Crippen molar-refractivity contribution in [3.63, 3.8) is 0 Å². The van der Waals surface area contributed by atoms with Gasteiger partial charge in [0.1, 0.15) is 0 Å². The van der Waals surface area contributed by atoms with E-state index in [-0.39, 0.29) is 61.5 Å². The number of carbonyl (C=O) groups excluding carboxylic acids is 1. The van der Waals surface area contributed by atoms with Gasteiger partial charge in [-0.2, -0.15) is 5.10 Å². The van der Waals surface area contributed by atoms with E-state index in [1.807, 2.05) is 4.90 Å². The van der Waals surface area contributed by atoms with Gasteiger partial charge < -0.3 is 20.5 Å². The van der Waals surface area contributed by atoms with E-state index in [4.69, 9.17) is 10.5 Å². The Hall–Kier alpha value is -1.71. The molecular weight excluding hydrogens is 419 g/mol. The maximum absolute atomic E-state index is 13.1. The molecule has 3 heterocycles. The van der Waals surface area contributed by atoms with Crippen LogP contribution in [0.1, 0.15) is 28.9 Å². The number of aryl methyl sites for hydroxylation is 1. The highest BCUT2D eigenvalue weighted by Crippen LogP contribution is 2.30. The maximum atomic E-state index is 13.1. The van der Waals surface area contributed by atoms with Crippen molar-refractivity contribution in [1.29, 1.82) is 0 Å². The number of hydrogen-bond donors (Lipinski definition) is 2. The summed E-state index contributed by atoms with van der Waals surface area (Å²) in [6.45, 7) is 3.07. The average molecular weight is 445 g/mol. The van der Waals surface area contributed by atoms with Crippen LogP contribution in [0.2, 0.25) is 0 Å². The van der Waals surface area contributed by atoms with E-state index in [0.29, 0.717) is 35.2 Å². The minimum Gasteiger partial charge on any atom is -0.390 e. The minimum absolute atomic E-state index is 0. The standard InChI is InChI=1S/C19H24N4O4.2ClH/c1-11-17-6-12(18(25)23-13-3-4-14(23)10-27-9-13)2-5-16(17)19(26)22(21-11)8-15(24)7-20;;/h2,5-6,13-15,24H,3-4,7-10,20H2,1H3;2*1H/t13?,14?,15-;;/m0../s1. The van der Waals surface area contributed by atoms with Gasteiger partial charge in [-0.25, -0.2) is 4.68 Å². The van der Waals surface area contributed by atoms with Crippen molar-refractivity contribution in [1.82, 2.24) is 14.7 Å². The van der Waals surface area contributed by atoms with Crippen molar-refractivity contribution in [2.75, 3.05) is 19.8 Å². The zero-order valence-electron chi connectivity index (χ0n) is 16.1. The van der Waals surface area contributed by atoms with Gasteiger partial charge in [0.25, 0.3) is 11.5 Å². The fraction of sp³-hybridized carbons (Fsp3) is 0.526. The molecule has 1 amide bonds. The van der Waals surface area contributed by atoms with Gasteiger partial charge in [0.2, 0.25) is 0 Å². The number of rotatable bonds is 4. The number of aromatic nitrogens is 2. The van der Waals surface area contributed by atoms with Crippen molar-refractivity contribution in [2.24, 2.45) is 5.73 Å². The third-order valence-electron chi connectivity index (χ3n) is 5.52. The molecule has 3 atom stereocenters. The predicted octanol–water partition coefficient (Wildman–Crippen LogP) is 0.872. The summed E-state index contributed by atoms with van der Waals surface area (Å²) in [4.78, 5) is 27.7.